The number of nitrogens with zero attached hydrogens (tertiary/aromatic N) is 2. The zero-order valence-electron chi connectivity index (χ0n) is 20.1. The van der Waals surface area contributed by atoms with Crippen molar-refractivity contribution < 1.29 is 28.2 Å². The number of fused-ring (bicyclic) bond motifs is 4. The van der Waals surface area contributed by atoms with E-state index in [1.165, 1.54) is 4.90 Å². The molecule has 3 amide bonds. The summed E-state index contributed by atoms with van der Waals surface area (Å²) in [5, 5.41) is 13.8. The molecule has 3 N–H and O–H groups in total. The van der Waals surface area contributed by atoms with Gasteiger partial charge in [0.15, 0.2) is 0 Å². The average Bonchev–Trinajstić information content (AvgIpc) is 3.29. The van der Waals surface area contributed by atoms with E-state index >= 15 is 0 Å². The lowest BCUT2D eigenvalue weighted by molar-refractivity contribution is -0.133. The highest BCUT2D eigenvalue weighted by atomic mass is 19.3. The number of ether oxygens (including phenoxy) is 1. The molecule has 8 nitrogen and oxygen atoms in total. The molecule has 3 heterocycles. The van der Waals surface area contributed by atoms with Crippen LogP contribution in [0.15, 0.2) is 42.5 Å². The molecule has 5 rings (SSSR count). The highest BCUT2D eigenvalue weighted by Gasteiger charge is 2.60. The second kappa shape index (κ2) is 9.09. The Hall–Kier alpha value is -3.66. The summed E-state index contributed by atoms with van der Waals surface area (Å²) in [7, 11) is 1.59. The van der Waals surface area contributed by atoms with Crippen LogP contribution in [0, 0.1) is 0 Å². The maximum absolute atomic E-state index is 13.7. The minimum absolute atomic E-state index is 0.0547. The fraction of sp³-hybridized carbons (Fsp3) is 0.385. The number of amides is 3. The van der Waals surface area contributed by atoms with E-state index in [9.17, 15) is 23.5 Å². The number of methoxy groups -OCH3 is 1. The Morgan fingerprint density at radius 2 is 2.06 bits per heavy atom. The molecule has 0 unspecified atom stereocenters. The van der Waals surface area contributed by atoms with Crippen LogP contribution in [0.1, 0.15) is 36.2 Å². The van der Waals surface area contributed by atoms with E-state index in [0.717, 1.165) is 22.2 Å². The van der Waals surface area contributed by atoms with Gasteiger partial charge in [0.1, 0.15) is 23.1 Å². The summed E-state index contributed by atoms with van der Waals surface area (Å²) >= 11 is 0. The van der Waals surface area contributed by atoms with Gasteiger partial charge in [-0.3, -0.25) is 14.6 Å². The highest BCUT2D eigenvalue weighted by Crippen LogP contribution is 2.49. The number of hydrogen-bond donors (Lipinski definition) is 3. The summed E-state index contributed by atoms with van der Waals surface area (Å²) in [5.74, 6) is 0.408. The summed E-state index contributed by atoms with van der Waals surface area (Å²) in [6, 6.07) is 11.3. The summed E-state index contributed by atoms with van der Waals surface area (Å²) in [5.41, 5.74) is 2.06. The van der Waals surface area contributed by atoms with E-state index < -0.39 is 30.6 Å². The molecule has 10 heteroatoms. The number of aromatic amines is 1. The number of hydrogen-bond acceptors (Lipinski definition) is 5. The predicted octanol–water partition coefficient (Wildman–Crippen LogP) is 3.80. The standard InChI is InChI=1S/C26H28F2N4O4/c1-26-13-19-18-12-17(36-2)7-8-20(18)30-22(19)23(15-5-3-6-16(33)11-15)32(26)25(35)31(24(26)34)10-4-9-29-14-21(27)28/h3,5-8,11-12,21,23,29-30,33H,4,9-10,13-14H2,1-2H3/t23-,26+/m1/s1. The number of H-pyrrole nitrogens is 1. The third-order valence-corrected chi connectivity index (χ3v) is 7.09. The van der Waals surface area contributed by atoms with Gasteiger partial charge < -0.3 is 20.1 Å². The Morgan fingerprint density at radius 3 is 2.78 bits per heavy atom. The third kappa shape index (κ3) is 3.85. The maximum atomic E-state index is 13.7. The first-order chi connectivity index (χ1) is 17.2. The van der Waals surface area contributed by atoms with Gasteiger partial charge in [-0.2, -0.15) is 0 Å². The number of benzene rings is 2. The van der Waals surface area contributed by atoms with E-state index in [1.54, 1.807) is 37.1 Å². The van der Waals surface area contributed by atoms with E-state index in [2.05, 4.69) is 10.3 Å². The minimum Gasteiger partial charge on any atom is -0.508 e. The number of rotatable bonds is 8. The van der Waals surface area contributed by atoms with Crippen molar-refractivity contribution >= 4 is 22.8 Å². The van der Waals surface area contributed by atoms with Gasteiger partial charge in [0.25, 0.3) is 12.3 Å². The first-order valence-electron chi connectivity index (χ1n) is 11.9. The van der Waals surface area contributed by atoms with Gasteiger partial charge in [-0.15, -0.1) is 0 Å². The first-order valence-corrected chi connectivity index (χ1v) is 11.9. The molecule has 0 bridgehead atoms. The second-order valence-electron chi connectivity index (χ2n) is 9.44. The number of alkyl halides is 2. The van der Waals surface area contributed by atoms with Crippen LogP contribution in [0.2, 0.25) is 0 Å². The van der Waals surface area contributed by atoms with Crippen LogP contribution in [0.25, 0.3) is 10.9 Å². The molecule has 2 aliphatic rings. The molecule has 1 fully saturated rings. The number of aromatic nitrogens is 1. The normalized spacial score (nSPS) is 21.4. The Balaban J connectivity index is 1.56. The quantitative estimate of drug-likeness (QED) is 0.324. The van der Waals surface area contributed by atoms with Gasteiger partial charge in [-0.25, -0.2) is 13.6 Å². The largest absolute Gasteiger partial charge is 0.508 e. The number of phenolic OH excluding ortho intramolecular Hbond substituents is 1. The number of urea groups is 1. The van der Waals surface area contributed by atoms with Crippen LogP contribution in [0.3, 0.4) is 0 Å². The number of carbonyl (C=O) groups is 2. The molecule has 0 spiro atoms. The molecule has 1 saturated heterocycles. The zero-order chi connectivity index (χ0) is 25.6. The monoisotopic (exact) mass is 498 g/mol. The summed E-state index contributed by atoms with van der Waals surface area (Å²) in [6.45, 7) is 1.71. The van der Waals surface area contributed by atoms with Crippen LogP contribution in [-0.4, -0.2) is 70.5 Å². The van der Waals surface area contributed by atoms with Gasteiger partial charge >= 0.3 is 6.03 Å². The number of halogens is 2. The van der Waals surface area contributed by atoms with Gasteiger partial charge in [-0.05, 0) is 61.3 Å². The van der Waals surface area contributed by atoms with Gasteiger partial charge in [0.2, 0.25) is 0 Å². The molecular weight excluding hydrogens is 470 g/mol. The Morgan fingerprint density at radius 1 is 1.25 bits per heavy atom. The lowest BCUT2D eigenvalue weighted by Gasteiger charge is -2.42. The molecule has 2 aliphatic heterocycles. The van der Waals surface area contributed by atoms with Crippen molar-refractivity contribution in [3.8, 4) is 11.5 Å². The molecule has 2 atom stereocenters. The molecule has 0 radical (unpaired) electrons. The SMILES string of the molecule is COc1ccc2[nH]c3c(c2c1)C[C@@]1(C)C(=O)N(CCCNCC(F)F)C(=O)N1[C@@H]3c1cccc(O)c1. The van der Waals surface area contributed by atoms with Crippen LogP contribution < -0.4 is 10.1 Å². The first kappa shape index (κ1) is 24.1. The maximum Gasteiger partial charge on any atom is 0.328 e. The van der Waals surface area contributed by atoms with Crippen molar-refractivity contribution in [3.05, 3.63) is 59.3 Å². The molecule has 0 saturated carbocycles. The zero-order valence-corrected chi connectivity index (χ0v) is 20.1. The molecule has 3 aromatic rings. The van der Waals surface area contributed by atoms with E-state index in [1.807, 2.05) is 24.3 Å². The third-order valence-electron chi connectivity index (χ3n) is 7.09. The van der Waals surface area contributed by atoms with Crippen molar-refractivity contribution in [2.24, 2.45) is 0 Å². The highest BCUT2D eigenvalue weighted by molar-refractivity contribution is 6.08. The molecule has 190 valence electrons. The van der Waals surface area contributed by atoms with Crippen molar-refractivity contribution in [1.82, 2.24) is 20.1 Å². The van der Waals surface area contributed by atoms with Crippen LogP contribution in [0.4, 0.5) is 13.6 Å². The fourth-order valence-electron chi connectivity index (χ4n) is 5.43. The van der Waals surface area contributed by atoms with E-state index in [-0.39, 0.29) is 24.7 Å². The lowest BCUT2D eigenvalue weighted by Crippen LogP contribution is -2.53. The number of carbonyl (C=O) groups excluding carboxylic acids is 2. The van der Waals surface area contributed by atoms with Gasteiger partial charge in [0.05, 0.1) is 13.7 Å². The van der Waals surface area contributed by atoms with Crippen LogP contribution >= 0.6 is 0 Å². The van der Waals surface area contributed by atoms with E-state index in [0.29, 0.717) is 24.2 Å². The summed E-state index contributed by atoms with van der Waals surface area (Å²) < 4.78 is 30.2. The van der Waals surface area contributed by atoms with E-state index in [4.69, 9.17) is 4.74 Å². The summed E-state index contributed by atoms with van der Waals surface area (Å²) in [4.78, 5) is 33.7. The Kier molecular flexibility index (Phi) is 6.07. The summed E-state index contributed by atoms with van der Waals surface area (Å²) in [6.07, 6.45) is -1.80. The van der Waals surface area contributed by atoms with Gasteiger partial charge in [0, 0.05) is 29.6 Å². The molecular formula is C26H28F2N4O4. The topological polar surface area (TPSA) is 97.9 Å². The van der Waals surface area contributed by atoms with Crippen molar-refractivity contribution in [2.75, 3.05) is 26.7 Å². The minimum atomic E-state index is -2.46. The van der Waals surface area contributed by atoms with Crippen LogP contribution in [-0.2, 0) is 11.2 Å². The molecule has 2 aromatic carbocycles. The van der Waals surface area contributed by atoms with Crippen molar-refractivity contribution in [1.29, 1.82) is 0 Å². The van der Waals surface area contributed by atoms with Gasteiger partial charge in [-0.1, -0.05) is 12.1 Å². The second-order valence-corrected chi connectivity index (χ2v) is 9.44. The smallest absolute Gasteiger partial charge is 0.328 e. The molecule has 1 aromatic heterocycles. The molecule has 0 aliphatic carbocycles. The Bertz CT molecular complexity index is 1330. The number of aromatic hydroxyl groups is 1. The Labute approximate surface area is 206 Å². The number of imide groups is 1. The van der Waals surface area contributed by atoms with Crippen molar-refractivity contribution in [2.45, 2.75) is 37.8 Å². The predicted molar refractivity (Wildman–Crippen MR) is 129 cm³/mol. The average molecular weight is 499 g/mol. The lowest BCUT2D eigenvalue weighted by atomic mass is 9.81. The fourth-order valence-corrected chi connectivity index (χ4v) is 5.43. The number of nitrogens with one attached hydrogen (secondary N) is 2. The molecule has 36 heavy (non-hydrogen) atoms. The van der Waals surface area contributed by atoms with Crippen LogP contribution in [0.5, 0.6) is 11.5 Å². The number of phenols is 1. The van der Waals surface area contributed by atoms with Crippen molar-refractivity contribution in [3.63, 3.8) is 0 Å².